The van der Waals surface area contributed by atoms with Gasteiger partial charge in [-0.25, -0.2) is 4.79 Å². The van der Waals surface area contributed by atoms with Gasteiger partial charge in [0.2, 0.25) is 5.91 Å². The van der Waals surface area contributed by atoms with Crippen molar-refractivity contribution >= 4 is 29.1 Å². The van der Waals surface area contributed by atoms with Crippen molar-refractivity contribution in [1.29, 1.82) is 0 Å². The first-order chi connectivity index (χ1) is 18.5. The number of para-hydroxylation sites is 1. The van der Waals surface area contributed by atoms with Gasteiger partial charge < -0.3 is 4.90 Å². The van der Waals surface area contributed by atoms with Crippen LogP contribution in [-0.4, -0.2) is 48.6 Å². The molecule has 0 radical (unpaired) electrons. The third-order valence-corrected chi connectivity index (χ3v) is 7.60. The molecule has 4 amide bonds. The van der Waals surface area contributed by atoms with E-state index in [4.69, 9.17) is 0 Å². The Balaban J connectivity index is 1.46. The van der Waals surface area contributed by atoms with Crippen LogP contribution in [0.25, 0.3) is 5.57 Å². The molecule has 2 aliphatic rings. The van der Waals surface area contributed by atoms with Gasteiger partial charge in [-0.2, -0.15) is 13.2 Å². The molecule has 0 saturated heterocycles. The van der Waals surface area contributed by atoms with Crippen LogP contribution in [0.1, 0.15) is 25.8 Å². The zero-order valence-corrected chi connectivity index (χ0v) is 21.7. The Morgan fingerprint density at radius 2 is 1.69 bits per heavy atom. The van der Waals surface area contributed by atoms with Gasteiger partial charge in [0.05, 0.1) is 5.92 Å². The standard InChI is InChI=1S/C29H31F3N4O3/c1-20(28(2)16-13-24(28)25(37)33-34-26(38)29(30,31)32)19-36(23-11-7-4-8-12-23)27(39)35-17-14-22(15-18-35)21-9-5-3-6-10-21/h3-14,16,20,24H,15,17-19H2,1-2H3,(H,33,37)(H,34,38)/t20?,24-,28+/m1/s1. The number of allylic oxidation sites excluding steroid dienone is 1. The zero-order valence-electron chi connectivity index (χ0n) is 21.7. The van der Waals surface area contributed by atoms with Gasteiger partial charge in [0.1, 0.15) is 0 Å². The largest absolute Gasteiger partial charge is 0.472 e. The lowest BCUT2D eigenvalue weighted by atomic mass is 9.61. The number of carbonyl (C=O) groups excluding carboxylic acids is 3. The quantitative estimate of drug-likeness (QED) is 0.402. The fourth-order valence-electron chi connectivity index (χ4n) is 4.90. The Hall–Kier alpha value is -4.08. The maximum absolute atomic E-state index is 13.8. The van der Waals surface area contributed by atoms with Crippen molar-refractivity contribution in [3.8, 4) is 0 Å². The van der Waals surface area contributed by atoms with E-state index >= 15 is 0 Å². The molecule has 2 aromatic carbocycles. The highest BCUT2D eigenvalue weighted by atomic mass is 19.4. The summed E-state index contributed by atoms with van der Waals surface area (Å²) in [6.07, 6.45) is 1.08. The smallest absolute Gasteiger partial charge is 0.320 e. The lowest BCUT2D eigenvalue weighted by molar-refractivity contribution is -0.175. The van der Waals surface area contributed by atoms with Gasteiger partial charge >= 0.3 is 18.1 Å². The van der Waals surface area contributed by atoms with E-state index < -0.39 is 29.3 Å². The van der Waals surface area contributed by atoms with Gasteiger partial charge in [-0.15, -0.1) is 0 Å². The predicted octanol–water partition coefficient (Wildman–Crippen LogP) is 4.94. The molecule has 1 heterocycles. The van der Waals surface area contributed by atoms with Crippen LogP contribution in [0.3, 0.4) is 0 Å². The molecule has 4 rings (SSSR count). The molecule has 39 heavy (non-hydrogen) atoms. The van der Waals surface area contributed by atoms with Crippen LogP contribution >= 0.6 is 0 Å². The number of hydrogen-bond donors (Lipinski definition) is 2. The van der Waals surface area contributed by atoms with E-state index in [1.165, 1.54) is 11.0 Å². The second kappa shape index (κ2) is 11.3. The molecule has 1 aliphatic heterocycles. The van der Waals surface area contributed by atoms with Crippen molar-refractivity contribution in [2.75, 3.05) is 24.5 Å². The normalized spacial score (nSPS) is 21.3. The maximum atomic E-state index is 13.8. The van der Waals surface area contributed by atoms with Gasteiger partial charge in [0.25, 0.3) is 0 Å². The molecular weight excluding hydrogens is 509 g/mol. The number of hydrazine groups is 1. The van der Waals surface area contributed by atoms with Gasteiger partial charge in [-0.3, -0.25) is 25.3 Å². The summed E-state index contributed by atoms with van der Waals surface area (Å²) in [5, 5.41) is 0. The van der Waals surface area contributed by atoms with E-state index in [0.717, 1.165) is 12.0 Å². The highest BCUT2D eigenvalue weighted by Crippen LogP contribution is 2.46. The van der Waals surface area contributed by atoms with Crippen molar-refractivity contribution in [3.63, 3.8) is 0 Å². The number of amides is 4. The Labute approximate surface area is 225 Å². The van der Waals surface area contributed by atoms with Crippen LogP contribution in [0.4, 0.5) is 23.7 Å². The molecule has 2 aromatic rings. The Bertz CT molecular complexity index is 1260. The Kier molecular flexibility index (Phi) is 8.13. The lowest BCUT2D eigenvalue weighted by Crippen LogP contribution is -2.55. The number of urea groups is 1. The summed E-state index contributed by atoms with van der Waals surface area (Å²) in [5.41, 5.74) is 5.58. The third-order valence-electron chi connectivity index (χ3n) is 7.60. The van der Waals surface area contributed by atoms with Gasteiger partial charge in [-0.05, 0) is 35.6 Å². The first-order valence-corrected chi connectivity index (χ1v) is 12.7. The summed E-state index contributed by atoms with van der Waals surface area (Å²) in [4.78, 5) is 41.0. The SMILES string of the molecule is CC(CN(C(=O)N1CC=C(c2ccccc2)CC1)c1ccccc1)[C@]1(C)C=C[C@@H]1C(=O)NNC(=O)C(F)(F)F. The van der Waals surface area contributed by atoms with Crippen molar-refractivity contribution in [2.45, 2.75) is 26.4 Å². The molecule has 0 saturated carbocycles. The number of nitrogens with zero attached hydrogens (tertiary/aromatic N) is 2. The summed E-state index contributed by atoms with van der Waals surface area (Å²) in [6, 6.07) is 19.1. The molecule has 7 nitrogen and oxygen atoms in total. The summed E-state index contributed by atoms with van der Waals surface area (Å²) < 4.78 is 37.5. The average molecular weight is 541 g/mol. The monoisotopic (exact) mass is 540 g/mol. The van der Waals surface area contributed by atoms with Crippen molar-refractivity contribution in [3.05, 3.63) is 84.5 Å². The van der Waals surface area contributed by atoms with Gasteiger partial charge in [0.15, 0.2) is 0 Å². The van der Waals surface area contributed by atoms with E-state index in [1.807, 2.05) is 73.9 Å². The molecule has 1 unspecified atom stereocenters. The number of hydrogen-bond acceptors (Lipinski definition) is 3. The third kappa shape index (κ3) is 6.16. The highest BCUT2D eigenvalue weighted by Gasteiger charge is 2.47. The number of carbonyl (C=O) groups is 3. The highest BCUT2D eigenvalue weighted by molar-refractivity contribution is 5.93. The molecule has 0 fully saturated rings. The van der Waals surface area contributed by atoms with E-state index in [0.29, 0.717) is 18.8 Å². The molecule has 206 valence electrons. The summed E-state index contributed by atoms with van der Waals surface area (Å²) in [6.45, 7) is 5.00. The van der Waals surface area contributed by atoms with Crippen LogP contribution in [-0.2, 0) is 9.59 Å². The van der Waals surface area contributed by atoms with Crippen LogP contribution in [0.5, 0.6) is 0 Å². The van der Waals surface area contributed by atoms with E-state index in [1.54, 1.807) is 15.9 Å². The van der Waals surface area contributed by atoms with Crippen LogP contribution in [0.2, 0.25) is 0 Å². The van der Waals surface area contributed by atoms with Crippen LogP contribution < -0.4 is 15.8 Å². The lowest BCUT2D eigenvalue weighted by Gasteiger charge is -2.46. The minimum absolute atomic E-state index is 0.165. The van der Waals surface area contributed by atoms with E-state index in [-0.39, 0.29) is 18.5 Å². The van der Waals surface area contributed by atoms with Crippen LogP contribution in [0, 0.1) is 17.3 Å². The van der Waals surface area contributed by atoms with Crippen LogP contribution in [0.15, 0.2) is 78.9 Å². The number of nitrogens with one attached hydrogen (secondary N) is 2. The fourth-order valence-corrected chi connectivity index (χ4v) is 4.90. The zero-order chi connectivity index (χ0) is 28.2. The molecule has 0 aromatic heterocycles. The topological polar surface area (TPSA) is 81.8 Å². The predicted molar refractivity (Wildman–Crippen MR) is 142 cm³/mol. The molecule has 2 N–H and O–H groups in total. The first kappa shape index (κ1) is 27.9. The number of anilines is 1. The summed E-state index contributed by atoms with van der Waals surface area (Å²) >= 11 is 0. The second-order valence-electron chi connectivity index (χ2n) is 10.1. The maximum Gasteiger partial charge on any atom is 0.472 e. The molecular formula is C29H31F3N4O3. The molecule has 3 atom stereocenters. The number of halogens is 3. The number of benzene rings is 2. The van der Waals surface area contributed by atoms with Gasteiger partial charge in [-0.1, -0.05) is 80.6 Å². The molecule has 10 heteroatoms. The minimum atomic E-state index is -5.11. The second-order valence-corrected chi connectivity index (χ2v) is 10.1. The van der Waals surface area contributed by atoms with E-state index in [2.05, 4.69) is 18.2 Å². The molecule has 0 spiro atoms. The first-order valence-electron chi connectivity index (χ1n) is 12.7. The summed E-state index contributed by atoms with van der Waals surface area (Å²) in [5.74, 6) is -4.03. The summed E-state index contributed by atoms with van der Waals surface area (Å²) in [7, 11) is 0. The van der Waals surface area contributed by atoms with Crippen molar-refractivity contribution in [1.82, 2.24) is 15.8 Å². The molecule has 1 aliphatic carbocycles. The van der Waals surface area contributed by atoms with Gasteiger partial charge in [0, 0.05) is 30.7 Å². The Morgan fingerprint density at radius 3 is 2.23 bits per heavy atom. The fraction of sp³-hybridized carbons (Fsp3) is 0.345. The van der Waals surface area contributed by atoms with E-state index in [9.17, 15) is 27.6 Å². The minimum Gasteiger partial charge on any atom is -0.320 e. The number of rotatable bonds is 6. The van der Waals surface area contributed by atoms with Crippen molar-refractivity contribution < 1.29 is 27.6 Å². The average Bonchev–Trinajstić information content (AvgIpc) is 2.93. The van der Waals surface area contributed by atoms with Crippen molar-refractivity contribution in [2.24, 2.45) is 17.3 Å². The number of alkyl halides is 3. The molecule has 0 bridgehead atoms. The Morgan fingerprint density at radius 1 is 1.05 bits per heavy atom.